The van der Waals surface area contributed by atoms with Crippen molar-refractivity contribution in [3.63, 3.8) is 0 Å². The SMILES string of the molecule is Cc1cccc(CN2CCC(=O)C2)c1. The molecule has 1 aliphatic rings. The van der Waals surface area contributed by atoms with E-state index in [1.807, 2.05) is 0 Å². The summed E-state index contributed by atoms with van der Waals surface area (Å²) >= 11 is 0. The summed E-state index contributed by atoms with van der Waals surface area (Å²) in [5, 5.41) is 0. The maximum atomic E-state index is 11.1. The van der Waals surface area contributed by atoms with Gasteiger partial charge in [0.25, 0.3) is 0 Å². The molecule has 2 rings (SSSR count). The zero-order chi connectivity index (χ0) is 9.97. The van der Waals surface area contributed by atoms with Crippen molar-refractivity contribution in [2.75, 3.05) is 13.1 Å². The largest absolute Gasteiger partial charge is 0.298 e. The zero-order valence-electron chi connectivity index (χ0n) is 8.49. The van der Waals surface area contributed by atoms with Crippen LogP contribution in [-0.2, 0) is 11.3 Å². The summed E-state index contributed by atoms with van der Waals surface area (Å²) in [6, 6.07) is 8.47. The minimum Gasteiger partial charge on any atom is -0.298 e. The molecule has 74 valence electrons. The van der Waals surface area contributed by atoms with Gasteiger partial charge in [0.05, 0.1) is 6.54 Å². The summed E-state index contributed by atoms with van der Waals surface area (Å²) in [5.74, 6) is 0.373. The van der Waals surface area contributed by atoms with Crippen LogP contribution in [0.1, 0.15) is 17.5 Å². The maximum Gasteiger partial charge on any atom is 0.148 e. The third kappa shape index (κ3) is 2.20. The fourth-order valence-corrected chi connectivity index (χ4v) is 1.89. The smallest absolute Gasteiger partial charge is 0.148 e. The van der Waals surface area contributed by atoms with Gasteiger partial charge in [0, 0.05) is 19.5 Å². The van der Waals surface area contributed by atoms with Crippen LogP contribution in [0.3, 0.4) is 0 Å². The van der Waals surface area contributed by atoms with E-state index in [0.717, 1.165) is 19.5 Å². The van der Waals surface area contributed by atoms with Crippen LogP contribution >= 0.6 is 0 Å². The predicted octanol–water partition coefficient (Wildman–Crippen LogP) is 1.77. The number of ketones is 1. The molecule has 0 bridgehead atoms. The molecule has 14 heavy (non-hydrogen) atoms. The number of aryl methyl sites for hydroxylation is 1. The first-order valence-corrected chi connectivity index (χ1v) is 5.03. The third-order valence-electron chi connectivity index (χ3n) is 2.60. The molecule has 1 aromatic rings. The van der Waals surface area contributed by atoms with Crippen LogP contribution in [0.15, 0.2) is 24.3 Å². The second-order valence-electron chi connectivity index (χ2n) is 3.99. The number of carbonyl (C=O) groups is 1. The molecular weight excluding hydrogens is 174 g/mol. The van der Waals surface area contributed by atoms with Gasteiger partial charge in [-0.2, -0.15) is 0 Å². The molecule has 0 unspecified atom stereocenters. The molecule has 1 aliphatic heterocycles. The van der Waals surface area contributed by atoms with Crippen molar-refractivity contribution in [3.05, 3.63) is 35.4 Å². The molecule has 0 aromatic heterocycles. The van der Waals surface area contributed by atoms with Crippen LogP contribution in [0.5, 0.6) is 0 Å². The van der Waals surface area contributed by atoms with Gasteiger partial charge >= 0.3 is 0 Å². The highest BCUT2D eigenvalue weighted by Gasteiger charge is 2.18. The van der Waals surface area contributed by atoms with Crippen molar-refractivity contribution in [2.45, 2.75) is 19.9 Å². The lowest BCUT2D eigenvalue weighted by molar-refractivity contribution is -0.116. The first-order chi connectivity index (χ1) is 6.74. The number of carbonyl (C=O) groups excluding carboxylic acids is 1. The Labute approximate surface area is 84.5 Å². The normalized spacial score (nSPS) is 17.6. The van der Waals surface area contributed by atoms with E-state index in [-0.39, 0.29) is 0 Å². The van der Waals surface area contributed by atoms with Gasteiger partial charge < -0.3 is 0 Å². The Hall–Kier alpha value is -1.15. The quantitative estimate of drug-likeness (QED) is 0.706. The highest BCUT2D eigenvalue weighted by atomic mass is 16.1. The Bertz CT molecular complexity index is 346. The second kappa shape index (κ2) is 3.93. The molecule has 0 radical (unpaired) electrons. The van der Waals surface area contributed by atoms with Crippen LogP contribution in [0.4, 0.5) is 0 Å². The van der Waals surface area contributed by atoms with Gasteiger partial charge in [-0.15, -0.1) is 0 Å². The zero-order valence-corrected chi connectivity index (χ0v) is 8.49. The van der Waals surface area contributed by atoms with Crippen molar-refractivity contribution < 1.29 is 4.79 Å². The van der Waals surface area contributed by atoms with Gasteiger partial charge in [-0.3, -0.25) is 9.69 Å². The monoisotopic (exact) mass is 189 g/mol. The molecule has 0 saturated carbocycles. The first kappa shape index (κ1) is 9.41. The van der Waals surface area contributed by atoms with Crippen molar-refractivity contribution in [1.82, 2.24) is 4.90 Å². The summed E-state index contributed by atoms with van der Waals surface area (Å²) in [5.41, 5.74) is 2.59. The maximum absolute atomic E-state index is 11.1. The van der Waals surface area contributed by atoms with E-state index in [1.54, 1.807) is 0 Å². The number of nitrogens with zero attached hydrogens (tertiary/aromatic N) is 1. The third-order valence-corrected chi connectivity index (χ3v) is 2.60. The van der Waals surface area contributed by atoms with E-state index >= 15 is 0 Å². The van der Waals surface area contributed by atoms with Crippen molar-refractivity contribution >= 4 is 5.78 Å². The Morgan fingerprint density at radius 2 is 2.29 bits per heavy atom. The Kier molecular flexibility index (Phi) is 2.64. The van der Waals surface area contributed by atoms with Gasteiger partial charge in [0.15, 0.2) is 0 Å². The second-order valence-corrected chi connectivity index (χ2v) is 3.99. The average molecular weight is 189 g/mol. The van der Waals surface area contributed by atoms with E-state index in [2.05, 4.69) is 36.1 Å². The van der Waals surface area contributed by atoms with E-state index in [4.69, 9.17) is 0 Å². The average Bonchev–Trinajstić information content (AvgIpc) is 2.51. The van der Waals surface area contributed by atoms with Gasteiger partial charge in [0.1, 0.15) is 5.78 Å². The van der Waals surface area contributed by atoms with E-state index in [0.29, 0.717) is 12.3 Å². The van der Waals surface area contributed by atoms with Crippen LogP contribution in [0.25, 0.3) is 0 Å². The summed E-state index contributed by atoms with van der Waals surface area (Å²) < 4.78 is 0. The Balaban J connectivity index is 2.00. The van der Waals surface area contributed by atoms with Gasteiger partial charge in [-0.25, -0.2) is 0 Å². The lowest BCUT2D eigenvalue weighted by atomic mass is 10.1. The van der Waals surface area contributed by atoms with Crippen molar-refractivity contribution in [1.29, 1.82) is 0 Å². The minimum absolute atomic E-state index is 0.373. The van der Waals surface area contributed by atoms with Crippen LogP contribution in [0.2, 0.25) is 0 Å². The lowest BCUT2D eigenvalue weighted by Crippen LogP contribution is -2.19. The van der Waals surface area contributed by atoms with Crippen LogP contribution < -0.4 is 0 Å². The molecule has 0 aliphatic carbocycles. The molecule has 2 nitrogen and oxygen atoms in total. The van der Waals surface area contributed by atoms with Crippen LogP contribution in [-0.4, -0.2) is 23.8 Å². The number of likely N-dealkylation sites (tertiary alicyclic amines) is 1. The molecule has 0 spiro atoms. The topological polar surface area (TPSA) is 20.3 Å². The minimum atomic E-state index is 0.373. The summed E-state index contributed by atoms with van der Waals surface area (Å²) in [4.78, 5) is 13.3. The molecule has 0 amide bonds. The molecule has 0 N–H and O–H groups in total. The van der Waals surface area contributed by atoms with E-state index in [9.17, 15) is 4.79 Å². The Morgan fingerprint density at radius 3 is 2.93 bits per heavy atom. The van der Waals surface area contributed by atoms with Gasteiger partial charge in [0.2, 0.25) is 0 Å². The first-order valence-electron chi connectivity index (χ1n) is 5.03. The van der Waals surface area contributed by atoms with E-state index < -0.39 is 0 Å². The molecule has 1 saturated heterocycles. The molecule has 1 aromatic carbocycles. The molecule has 1 heterocycles. The predicted molar refractivity (Wildman–Crippen MR) is 56.1 cm³/mol. The molecular formula is C12H15NO. The number of hydrogen-bond donors (Lipinski definition) is 0. The Morgan fingerprint density at radius 1 is 1.43 bits per heavy atom. The van der Waals surface area contributed by atoms with Gasteiger partial charge in [-0.1, -0.05) is 29.8 Å². The standard InChI is InChI=1S/C12H15NO/c1-10-3-2-4-11(7-10)8-13-6-5-12(14)9-13/h2-4,7H,5-6,8-9H2,1H3. The van der Waals surface area contributed by atoms with Gasteiger partial charge in [-0.05, 0) is 12.5 Å². The number of benzene rings is 1. The van der Waals surface area contributed by atoms with Crippen molar-refractivity contribution in [2.24, 2.45) is 0 Å². The summed E-state index contributed by atoms with van der Waals surface area (Å²) in [7, 11) is 0. The fraction of sp³-hybridized carbons (Fsp3) is 0.417. The van der Waals surface area contributed by atoms with Crippen molar-refractivity contribution in [3.8, 4) is 0 Å². The number of Topliss-reactive ketones (excluding diaryl/α,β-unsaturated/α-hetero) is 1. The fourth-order valence-electron chi connectivity index (χ4n) is 1.89. The highest BCUT2D eigenvalue weighted by molar-refractivity contribution is 5.82. The number of hydrogen-bond acceptors (Lipinski definition) is 2. The molecule has 2 heteroatoms. The summed E-state index contributed by atoms with van der Waals surface area (Å²) in [6.07, 6.45) is 0.728. The lowest BCUT2D eigenvalue weighted by Gasteiger charge is -2.13. The van der Waals surface area contributed by atoms with E-state index in [1.165, 1.54) is 11.1 Å². The molecule has 1 fully saturated rings. The van der Waals surface area contributed by atoms with Crippen LogP contribution in [0, 0.1) is 6.92 Å². The summed E-state index contributed by atoms with van der Waals surface area (Å²) in [6.45, 7) is 4.56. The highest BCUT2D eigenvalue weighted by Crippen LogP contribution is 2.11. The molecule has 0 atom stereocenters. The number of rotatable bonds is 2.